The maximum absolute atomic E-state index is 13.0. The third-order valence-electron chi connectivity index (χ3n) is 1.69. The first-order chi connectivity index (χ1) is 6.69. The molecule has 1 rings (SSSR count). The van der Waals surface area contributed by atoms with Gasteiger partial charge in [-0.2, -0.15) is 0 Å². The van der Waals surface area contributed by atoms with Gasteiger partial charge in [0.05, 0.1) is 7.11 Å². The van der Waals surface area contributed by atoms with Gasteiger partial charge in [0.15, 0.2) is 0 Å². The van der Waals surface area contributed by atoms with Gasteiger partial charge in [-0.25, -0.2) is 8.78 Å². The lowest BCUT2D eigenvalue weighted by Gasteiger charge is -2.06. The van der Waals surface area contributed by atoms with Gasteiger partial charge in [-0.3, -0.25) is 0 Å². The molecule has 80 valence electrons. The Hall–Kier alpha value is -1.12. The highest BCUT2D eigenvalue weighted by Gasteiger charge is 2.09. The van der Waals surface area contributed by atoms with E-state index >= 15 is 0 Å². The number of benzene rings is 1. The van der Waals surface area contributed by atoms with Crippen LogP contribution in [0.1, 0.15) is 26.3 Å². The van der Waals surface area contributed by atoms with Crippen LogP contribution in [0, 0.1) is 11.6 Å². The van der Waals surface area contributed by atoms with E-state index < -0.39 is 11.6 Å². The van der Waals surface area contributed by atoms with Gasteiger partial charge in [0.25, 0.3) is 0 Å². The van der Waals surface area contributed by atoms with Gasteiger partial charge in [0, 0.05) is 17.7 Å². The number of methoxy groups -OCH3 is 1. The second-order valence-corrected chi connectivity index (χ2v) is 2.42. The standard InChI is InChI=1S/C9H10F2O.C2H6/c1-3-7-8(11)4-6(10)5-9(7)12-2;1-2/h4-5H,3H2,1-2H3;1-2H3. The lowest BCUT2D eigenvalue weighted by atomic mass is 10.1. The SMILES string of the molecule is CC.CCc1c(F)cc(F)cc1OC. The first-order valence-electron chi connectivity index (χ1n) is 4.71. The Kier molecular flexibility index (Phi) is 5.84. The molecule has 0 atom stereocenters. The van der Waals surface area contributed by atoms with E-state index in [2.05, 4.69) is 0 Å². The minimum absolute atomic E-state index is 0.273. The van der Waals surface area contributed by atoms with Crippen LogP contribution >= 0.6 is 0 Å². The predicted octanol–water partition coefficient (Wildman–Crippen LogP) is 3.56. The summed E-state index contributed by atoms with van der Waals surface area (Å²) in [6.07, 6.45) is 0.495. The van der Waals surface area contributed by atoms with Crippen molar-refractivity contribution in [3.8, 4) is 5.75 Å². The van der Waals surface area contributed by atoms with Crippen LogP contribution in [0.3, 0.4) is 0 Å². The lowest BCUT2D eigenvalue weighted by molar-refractivity contribution is 0.400. The van der Waals surface area contributed by atoms with E-state index in [1.54, 1.807) is 6.92 Å². The van der Waals surface area contributed by atoms with Gasteiger partial charge in [-0.1, -0.05) is 20.8 Å². The summed E-state index contributed by atoms with van der Waals surface area (Å²) in [5.74, 6) is -0.883. The maximum Gasteiger partial charge on any atom is 0.132 e. The van der Waals surface area contributed by atoms with E-state index in [1.165, 1.54) is 13.2 Å². The number of ether oxygens (including phenoxy) is 1. The summed E-state index contributed by atoms with van der Waals surface area (Å²) in [5.41, 5.74) is 0.416. The number of halogens is 2. The second-order valence-electron chi connectivity index (χ2n) is 2.42. The van der Waals surface area contributed by atoms with E-state index in [9.17, 15) is 8.78 Å². The molecule has 0 radical (unpaired) electrons. The Labute approximate surface area is 83.7 Å². The smallest absolute Gasteiger partial charge is 0.132 e. The Morgan fingerprint density at radius 3 is 2.21 bits per heavy atom. The molecule has 0 unspecified atom stereocenters. The quantitative estimate of drug-likeness (QED) is 0.712. The van der Waals surface area contributed by atoms with E-state index in [1.807, 2.05) is 13.8 Å². The molecule has 1 aromatic carbocycles. The van der Waals surface area contributed by atoms with Crippen molar-refractivity contribution < 1.29 is 13.5 Å². The maximum atomic E-state index is 13.0. The highest BCUT2D eigenvalue weighted by atomic mass is 19.1. The van der Waals surface area contributed by atoms with Crippen LogP contribution < -0.4 is 4.74 Å². The summed E-state index contributed by atoms with van der Waals surface area (Å²) in [6, 6.07) is 2.04. The average Bonchev–Trinajstić information content (AvgIpc) is 2.19. The van der Waals surface area contributed by atoms with Crippen LogP contribution in [0.5, 0.6) is 5.75 Å². The monoisotopic (exact) mass is 202 g/mol. The summed E-state index contributed by atoms with van der Waals surface area (Å²) in [7, 11) is 1.40. The number of rotatable bonds is 2. The largest absolute Gasteiger partial charge is 0.496 e. The fraction of sp³-hybridized carbons (Fsp3) is 0.455. The molecule has 0 aliphatic rings. The molecule has 0 saturated carbocycles. The molecular formula is C11H16F2O. The highest BCUT2D eigenvalue weighted by molar-refractivity contribution is 5.35. The Bertz CT molecular complexity index is 285. The minimum atomic E-state index is -0.610. The molecular weight excluding hydrogens is 186 g/mol. The van der Waals surface area contributed by atoms with Gasteiger partial charge >= 0.3 is 0 Å². The van der Waals surface area contributed by atoms with Crippen molar-refractivity contribution in [1.29, 1.82) is 0 Å². The summed E-state index contributed by atoms with van der Waals surface area (Å²) in [4.78, 5) is 0. The number of hydrogen-bond donors (Lipinski definition) is 0. The van der Waals surface area contributed by atoms with Crippen LogP contribution in [-0.4, -0.2) is 7.11 Å². The fourth-order valence-electron chi connectivity index (χ4n) is 1.11. The summed E-state index contributed by atoms with van der Waals surface area (Å²) >= 11 is 0. The lowest BCUT2D eigenvalue weighted by Crippen LogP contribution is -1.95. The Morgan fingerprint density at radius 1 is 1.21 bits per heavy atom. The fourth-order valence-corrected chi connectivity index (χ4v) is 1.11. The van der Waals surface area contributed by atoms with Crippen LogP contribution in [0.2, 0.25) is 0 Å². The summed E-state index contributed by atoms with van der Waals surface area (Å²) in [5, 5.41) is 0. The van der Waals surface area contributed by atoms with E-state index in [-0.39, 0.29) is 5.75 Å². The summed E-state index contributed by atoms with van der Waals surface area (Å²) in [6.45, 7) is 5.79. The molecule has 0 bridgehead atoms. The molecule has 14 heavy (non-hydrogen) atoms. The first kappa shape index (κ1) is 12.9. The van der Waals surface area contributed by atoms with Crippen LogP contribution in [0.4, 0.5) is 8.78 Å². The van der Waals surface area contributed by atoms with Crippen molar-refractivity contribution in [3.63, 3.8) is 0 Å². The van der Waals surface area contributed by atoms with Crippen LogP contribution in [0.25, 0.3) is 0 Å². The zero-order chi connectivity index (χ0) is 11.1. The minimum Gasteiger partial charge on any atom is -0.496 e. The van der Waals surface area contributed by atoms with Crippen molar-refractivity contribution in [2.45, 2.75) is 27.2 Å². The zero-order valence-electron chi connectivity index (χ0n) is 9.03. The van der Waals surface area contributed by atoms with Crippen molar-refractivity contribution in [2.24, 2.45) is 0 Å². The molecule has 0 aliphatic heterocycles. The van der Waals surface area contributed by atoms with E-state index in [0.717, 1.165) is 6.07 Å². The molecule has 0 fully saturated rings. The molecule has 0 amide bonds. The zero-order valence-corrected chi connectivity index (χ0v) is 9.03. The normalized spacial score (nSPS) is 9.00. The molecule has 3 heteroatoms. The molecule has 0 aromatic heterocycles. The van der Waals surface area contributed by atoms with Crippen LogP contribution in [0.15, 0.2) is 12.1 Å². The first-order valence-corrected chi connectivity index (χ1v) is 4.71. The molecule has 0 heterocycles. The second kappa shape index (κ2) is 6.35. The van der Waals surface area contributed by atoms with Crippen molar-refractivity contribution in [1.82, 2.24) is 0 Å². The predicted molar refractivity (Wildman–Crippen MR) is 53.6 cm³/mol. The van der Waals surface area contributed by atoms with Gasteiger partial charge in [-0.15, -0.1) is 0 Å². The van der Waals surface area contributed by atoms with Gasteiger partial charge in [-0.05, 0) is 6.42 Å². The third kappa shape index (κ3) is 2.98. The Balaban J connectivity index is 0.000000791. The average molecular weight is 202 g/mol. The molecule has 0 saturated heterocycles. The molecule has 0 N–H and O–H groups in total. The molecule has 0 spiro atoms. The molecule has 1 nitrogen and oxygen atoms in total. The summed E-state index contributed by atoms with van der Waals surface area (Å²) < 4.78 is 30.4. The van der Waals surface area contributed by atoms with Crippen molar-refractivity contribution in [3.05, 3.63) is 29.3 Å². The Morgan fingerprint density at radius 2 is 1.79 bits per heavy atom. The van der Waals surface area contributed by atoms with Gasteiger partial charge < -0.3 is 4.74 Å². The molecule has 1 aromatic rings. The third-order valence-corrected chi connectivity index (χ3v) is 1.69. The van der Waals surface area contributed by atoms with Crippen LogP contribution in [-0.2, 0) is 6.42 Å². The molecule has 0 aliphatic carbocycles. The van der Waals surface area contributed by atoms with Crippen molar-refractivity contribution >= 4 is 0 Å². The highest BCUT2D eigenvalue weighted by Crippen LogP contribution is 2.23. The van der Waals surface area contributed by atoms with E-state index in [4.69, 9.17) is 4.74 Å². The topological polar surface area (TPSA) is 9.23 Å². The van der Waals surface area contributed by atoms with E-state index in [0.29, 0.717) is 12.0 Å². The van der Waals surface area contributed by atoms with Gasteiger partial charge in [0.2, 0.25) is 0 Å². The van der Waals surface area contributed by atoms with Crippen molar-refractivity contribution in [2.75, 3.05) is 7.11 Å². The van der Waals surface area contributed by atoms with Gasteiger partial charge in [0.1, 0.15) is 17.4 Å². The number of hydrogen-bond acceptors (Lipinski definition) is 1.